The zero-order valence-electron chi connectivity index (χ0n) is 27.4. The molecular formula is C34H55N5O5. The highest BCUT2D eigenvalue weighted by molar-refractivity contribution is 5.77. The summed E-state index contributed by atoms with van der Waals surface area (Å²) in [5, 5.41) is 3.48. The number of ether oxygens (including phenoxy) is 3. The van der Waals surface area contributed by atoms with Crippen molar-refractivity contribution in [2.24, 2.45) is 11.5 Å². The molecule has 0 bridgehead atoms. The Morgan fingerprint density at radius 1 is 0.659 bits per heavy atom. The van der Waals surface area contributed by atoms with Gasteiger partial charge >= 0.3 is 0 Å². The van der Waals surface area contributed by atoms with Gasteiger partial charge in [-0.15, -0.1) is 0 Å². The van der Waals surface area contributed by atoms with Gasteiger partial charge in [-0.25, -0.2) is 0 Å². The number of hydrogen-bond acceptors (Lipinski definition) is 8. The molecule has 2 aromatic rings. The highest BCUT2D eigenvalue weighted by Gasteiger charge is 2.15. The van der Waals surface area contributed by atoms with Crippen LogP contribution in [0.3, 0.4) is 0 Å². The van der Waals surface area contributed by atoms with Gasteiger partial charge in [0.1, 0.15) is 5.75 Å². The molecule has 0 spiro atoms. The molecule has 10 heteroatoms. The van der Waals surface area contributed by atoms with Crippen LogP contribution in [0, 0.1) is 6.92 Å². The van der Waals surface area contributed by atoms with E-state index < -0.39 is 0 Å². The molecule has 0 unspecified atom stereocenters. The maximum Gasteiger partial charge on any atom is 0.222 e. The van der Waals surface area contributed by atoms with Gasteiger partial charge in [0.2, 0.25) is 11.8 Å². The first-order valence-corrected chi connectivity index (χ1v) is 15.9. The number of amides is 2. The summed E-state index contributed by atoms with van der Waals surface area (Å²) >= 11 is 0. The van der Waals surface area contributed by atoms with E-state index in [1.165, 1.54) is 0 Å². The molecule has 0 aliphatic carbocycles. The fourth-order valence-electron chi connectivity index (χ4n) is 5.08. The van der Waals surface area contributed by atoms with Gasteiger partial charge in [-0.05, 0) is 107 Å². The van der Waals surface area contributed by atoms with E-state index in [0.29, 0.717) is 76.5 Å². The lowest BCUT2D eigenvalue weighted by atomic mass is 10.1. The van der Waals surface area contributed by atoms with Gasteiger partial charge in [0.15, 0.2) is 11.5 Å². The van der Waals surface area contributed by atoms with Gasteiger partial charge in [-0.1, -0.05) is 18.2 Å². The van der Waals surface area contributed by atoms with Crippen LogP contribution in [0.1, 0.15) is 55.2 Å². The van der Waals surface area contributed by atoms with Crippen molar-refractivity contribution in [3.8, 4) is 17.2 Å². The summed E-state index contributed by atoms with van der Waals surface area (Å²) in [6, 6.07) is 11.9. The number of rotatable bonds is 23. The van der Waals surface area contributed by atoms with Crippen LogP contribution in [0.2, 0.25) is 0 Å². The van der Waals surface area contributed by atoms with Crippen molar-refractivity contribution in [1.82, 2.24) is 15.1 Å². The first kappa shape index (κ1) is 36.8. The van der Waals surface area contributed by atoms with E-state index in [9.17, 15) is 9.59 Å². The van der Waals surface area contributed by atoms with E-state index in [0.717, 1.165) is 61.2 Å². The second kappa shape index (κ2) is 21.4. The molecule has 2 amide bonds. The third-order valence-corrected chi connectivity index (χ3v) is 7.71. The highest BCUT2D eigenvalue weighted by Crippen LogP contribution is 2.28. The molecule has 0 aromatic heterocycles. The van der Waals surface area contributed by atoms with E-state index >= 15 is 0 Å². The van der Waals surface area contributed by atoms with Crippen LogP contribution in [0.5, 0.6) is 17.2 Å². The Balaban J connectivity index is 1.74. The third kappa shape index (κ3) is 13.1. The molecule has 2 aromatic carbocycles. The first-order valence-electron chi connectivity index (χ1n) is 15.9. The largest absolute Gasteiger partial charge is 0.496 e. The number of aryl methyl sites for hydroxylation is 3. The Kier molecular flexibility index (Phi) is 17.9. The van der Waals surface area contributed by atoms with Crippen LogP contribution in [0.4, 0.5) is 0 Å². The quantitative estimate of drug-likeness (QED) is 0.163. The van der Waals surface area contributed by atoms with Gasteiger partial charge in [-0.3, -0.25) is 9.59 Å². The third-order valence-electron chi connectivity index (χ3n) is 7.71. The minimum Gasteiger partial charge on any atom is -0.496 e. The van der Waals surface area contributed by atoms with Gasteiger partial charge in [0.05, 0.1) is 21.3 Å². The molecule has 0 fully saturated rings. The molecule has 0 radical (unpaired) electrons. The van der Waals surface area contributed by atoms with Gasteiger partial charge in [0.25, 0.3) is 0 Å². The number of carbonyl (C=O) groups excluding carboxylic acids is 2. The summed E-state index contributed by atoms with van der Waals surface area (Å²) in [4.78, 5) is 29.9. The van der Waals surface area contributed by atoms with Gasteiger partial charge < -0.3 is 40.8 Å². The van der Waals surface area contributed by atoms with E-state index in [1.54, 1.807) is 21.3 Å². The maximum atomic E-state index is 13.0. The van der Waals surface area contributed by atoms with Crippen molar-refractivity contribution in [3.05, 3.63) is 53.1 Å². The summed E-state index contributed by atoms with van der Waals surface area (Å²) in [7, 11) is 4.89. The van der Waals surface area contributed by atoms with Crippen LogP contribution in [0.25, 0.3) is 0 Å². The summed E-state index contributed by atoms with van der Waals surface area (Å²) < 4.78 is 16.1. The number of benzene rings is 2. The fourth-order valence-corrected chi connectivity index (χ4v) is 5.08. The molecule has 246 valence electrons. The molecule has 0 aliphatic heterocycles. The molecule has 0 aliphatic rings. The predicted octanol–water partition coefficient (Wildman–Crippen LogP) is 3.31. The number of nitrogens with two attached hydrogens (primary N) is 2. The van der Waals surface area contributed by atoms with Crippen molar-refractivity contribution < 1.29 is 23.8 Å². The van der Waals surface area contributed by atoms with E-state index in [1.807, 2.05) is 47.1 Å². The molecule has 0 heterocycles. The molecule has 0 saturated heterocycles. The molecule has 0 saturated carbocycles. The fraction of sp³-hybridized carbons (Fsp3) is 0.588. The van der Waals surface area contributed by atoms with Crippen molar-refractivity contribution >= 4 is 11.8 Å². The second-order valence-corrected chi connectivity index (χ2v) is 11.0. The molecular weight excluding hydrogens is 558 g/mol. The molecule has 2 rings (SSSR count). The second-order valence-electron chi connectivity index (χ2n) is 11.0. The maximum absolute atomic E-state index is 13.0. The zero-order chi connectivity index (χ0) is 32.2. The Bertz CT molecular complexity index is 1130. The lowest BCUT2D eigenvalue weighted by Gasteiger charge is -2.24. The van der Waals surface area contributed by atoms with Gasteiger partial charge in [-0.2, -0.15) is 0 Å². The van der Waals surface area contributed by atoms with Gasteiger partial charge in [0, 0.05) is 39.0 Å². The van der Waals surface area contributed by atoms with E-state index in [4.69, 9.17) is 25.7 Å². The average molecular weight is 614 g/mol. The Hall–Kier alpha value is -3.34. The Labute approximate surface area is 264 Å². The van der Waals surface area contributed by atoms with Crippen molar-refractivity contribution in [2.45, 2.75) is 58.3 Å². The molecule has 0 atom stereocenters. The molecule has 5 N–H and O–H groups in total. The lowest BCUT2D eigenvalue weighted by molar-refractivity contribution is -0.132. The molecule has 44 heavy (non-hydrogen) atoms. The van der Waals surface area contributed by atoms with Crippen molar-refractivity contribution in [1.29, 1.82) is 0 Å². The monoisotopic (exact) mass is 613 g/mol. The molecule has 10 nitrogen and oxygen atoms in total. The summed E-state index contributed by atoms with van der Waals surface area (Å²) in [6.07, 6.45) is 5.48. The summed E-state index contributed by atoms with van der Waals surface area (Å²) in [5.41, 5.74) is 14.7. The van der Waals surface area contributed by atoms with E-state index in [2.05, 4.69) is 11.4 Å². The highest BCUT2D eigenvalue weighted by atomic mass is 16.5. The van der Waals surface area contributed by atoms with Crippen LogP contribution < -0.4 is 31.0 Å². The van der Waals surface area contributed by atoms with Crippen molar-refractivity contribution in [3.63, 3.8) is 0 Å². The number of carbonyl (C=O) groups is 2. The van der Waals surface area contributed by atoms with E-state index in [-0.39, 0.29) is 11.8 Å². The first-order chi connectivity index (χ1) is 21.4. The number of nitrogens with one attached hydrogen (secondary N) is 1. The standard InChI is InChI=1S/C34H55N5O5/c1-27-9-10-28(25-31(27)43-3)12-15-33(40)38(21-5-17-35)23-7-19-37-20-8-24-39(22-6-18-36)34(41)16-13-29-11-14-30(42-2)32(26-29)44-4/h9-11,14,25-26,37H,5-8,12-13,15-24,35-36H2,1-4H3. The smallest absolute Gasteiger partial charge is 0.222 e. The van der Waals surface area contributed by atoms with Crippen LogP contribution >= 0.6 is 0 Å². The number of hydrogen-bond donors (Lipinski definition) is 3. The topological polar surface area (TPSA) is 132 Å². The SMILES string of the molecule is COc1cc(CCC(=O)N(CCCN)CCCNCCCN(CCCN)C(=O)CCc2ccc(OC)c(OC)c2)ccc1C. The zero-order valence-corrected chi connectivity index (χ0v) is 27.4. The Morgan fingerprint density at radius 2 is 1.11 bits per heavy atom. The number of methoxy groups -OCH3 is 3. The lowest BCUT2D eigenvalue weighted by Crippen LogP contribution is -2.36. The predicted molar refractivity (Wildman–Crippen MR) is 177 cm³/mol. The summed E-state index contributed by atoms with van der Waals surface area (Å²) in [6.45, 7) is 7.44. The minimum absolute atomic E-state index is 0.131. The minimum atomic E-state index is 0.131. The van der Waals surface area contributed by atoms with Crippen LogP contribution in [0.15, 0.2) is 36.4 Å². The van der Waals surface area contributed by atoms with Crippen molar-refractivity contribution in [2.75, 3.05) is 73.7 Å². The van der Waals surface area contributed by atoms with Crippen LogP contribution in [-0.4, -0.2) is 95.3 Å². The average Bonchev–Trinajstić information content (AvgIpc) is 3.04. The number of nitrogens with zero attached hydrogens (tertiary/aromatic N) is 2. The Morgan fingerprint density at radius 3 is 1.59 bits per heavy atom. The summed E-state index contributed by atoms with van der Waals surface area (Å²) in [5.74, 6) is 2.47. The van der Waals surface area contributed by atoms with Crippen LogP contribution in [-0.2, 0) is 22.4 Å². The normalized spacial score (nSPS) is 10.9.